The van der Waals surface area contributed by atoms with Crippen LogP contribution in [0, 0.1) is 0 Å². The van der Waals surface area contributed by atoms with E-state index in [9.17, 15) is 4.57 Å². The van der Waals surface area contributed by atoms with Crippen molar-refractivity contribution in [1.82, 2.24) is 0 Å². The van der Waals surface area contributed by atoms with Gasteiger partial charge in [-0.15, -0.1) is 0 Å². The third kappa shape index (κ3) is 5.01. The van der Waals surface area contributed by atoms with E-state index >= 15 is 0 Å². The first-order chi connectivity index (χ1) is 4.83. The van der Waals surface area contributed by atoms with Crippen LogP contribution in [0.2, 0.25) is 0 Å². The average Bonchev–Trinajstić information content (AvgIpc) is 1.84. The summed E-state index contributed by atoms with van der Waals surface area (Å²) in [6.07, 6.45) is 0. The molecule has 0 aliphatic rings. The fourth-order valence-corrected chi connectivity index (χ4v) is 1.54. The average molecular weight is 223 g/mol. The number of hydrogen-bond donors (Lipinski definition) is 0. The molecule has 0 heterocycles. The highest BCUT2D eigenvalue weighted by atomic mass is 35.5. The first-order valence-corrected chi connectivity index (χ1v) is 4.85. The quantitative estimate of drug-likeness (QED) is 0.542. The zero-order valence-corrected chi connectivity index (χ0v) is 8.74. The van der Waals surface area contributed by atoms with Crippen molar-refractivity contribution in [3.05, 3.63) is 0 Å². The Kier molecular flexibility index (Phi) is 4.33. The van der Waals surface area contributed by atoms with E-state index in [0.29, 0.717) is 0 Å². The van der Waals surface area contributed by atoms with Crippen LogP contribution in [0.4, 0.5) is 0 Å². The van der Waals surface area contributed by atoms with Gasteiger partial charge in [0.15, 0.2) is 0 Å². The summed E-state index contributed by atoms with van der Waals surface area (Å²) in [5, 5.41) is 0. The van der Waals surface area contributed by atoms with Gasteiger partial charge in [0, 0.05) is 14.2 Å². The zero-order chi connectivity index (χ0) is 9.12. The number of hydrogen-bond acceptors (Lipinski definition) is 4. The predicted molar refractivity (Wildman–Crippen MR) is 42.8 cm³/mol. The topological polar surface area (TPSA) is 44.8 Å². The van der Waals surface area contributed by atoms with Gasteiger partial charge in [-0.25, -0.2) is 9.09 Å². The highest BCUT2D eigenvalue weighted by Crippen LogP contribution is 2.52. The van der Waals surface area contributed by atoms with Crippen molar-refractivity contribution in [2.75, 3.05) is 14.2 Å². The van der Waals surface area contributed by atoms with Crippen LogP contribution >= 0.6 is 31.0 Å². The molecular formula is C4H9Cl2O4P. The summed E-state index contributed by atoms with van der Waals surface area (Å²) in [5.74, 6) is 0. The highest BCUT2D eigenvalue weighted by molar-refractivity contribution is 7.48. The Labute approximate surface area is 75.3 Å². The number of halogens is 2. The minimum absolute atomic E-state index is 1.17. The van der Waals surface area contributed by atoms with Crippen LogP contribution in [-0.2, 0) is 18.1 Å². The van der Waals surface area contributed by atoms with Gasteiger partial charge in [0.2, 0.25) is 4.52 Å². The molecule has 0 saturated carbocycles. The standard InChI is InChI=1S/C4H9Cl2O4P/c1-4(5,6)10-11(7,8-2)9-3/h1-3H3. The first-order valence-electron chi connectivity index (χ1n) is 2.63. The highest BCUT2D eigenvalue weighted by Gasteiger charge is 2.33. The Morgan fingerprint density at radius 3 is 1.73 bits per heavy atom. The van der Waals surface area contributed by atoms with Gasteiger partial charge in [-0.05, 0) is 6.92 Å². The van der Waals surface area contributed by atoms with Crippen molar-refractivity contribution in [3.8, 4) is 0 Å². The third-order valence-electron chi connectivity index (χ3n) is 0.719. The van der Waals surface area contributed by atoms with Crippen molar-refractivity contribution >= 4 is 31.0 Å². The lowest BCUT2D eigenvalue weighted by Gasteiger charge is -2.19. The van der Waals surface area contributed by atoms with Crippen molar-refractivity contribution in [2.45, 2.75) is 11.4 Å². The van der Waals surface area contributed by atoms with Gasteiger partial charge in [-0.1, -0.05) is 23.2 Å². The third-order valence-corrected chi connectivity index (χ3v) is 2.57. The lowest BCUT2D eigenvalue weighted by molar-refractivity contribution is 0.129. The fraction of sp³-hybridized carbons (Fsp3) is 1.00. The van der Waals surface area contributed by atoms with Crippen molar-refractivity contribution in [1.29, 1.82) is 0 Å². The summed E-state index contributed by atoms with van der Waals surface area (Å²) >= 11 is 10.8. The SMILES string of the molecule is COP(=O)(OC)OC(C)(Cl)Cl. The summed E-state index contributed by atoms with van der Waals surface area (Å²) < 4.78 is 22.9. The molecule has 0 aliphatic carbocycles. The van der Waals surface area contributed by atoms with Crippen LogP contribution in [0.15, 0.2) is 0 Å². The molecule has 0 aromatic rings. The molecule has 0 spiro atoms. The minimum atomic E-state index is -3.57. The van der Waals surface area contributed by atoms with Crippen LogP contribution < -0.4 is 0 Å². The first kappa shape index (κ1) is 11.7. The minimum Gasteiger partial charge on any atom is -0.290 e. The Hall–Kier alpha value is 0.690. The molecule has 0 rings (SSSR count). The molecule has 0 amide bonds. The smallest absolute Gasteiger partial charge is 0.290 e. The van der Waals surface area contributed by atoms with E-state index in [1.807, 2.05) is 0 Å². The van der Waals surface area contributed by atoms with Gasteiger partial charge in [0.1, 0.15) is 0 Å². The summed E-state index contributed by atoms with van der Waals surface area (Å²) in [6.45, 7) is 1.31. The molecule has 0 aromatic carbocycles. The van der Waals surface area contributed by atoms with E-state index in [4.69, 9.17) is 23.2 Å². The van der Waals surface area contributed by atoms with Gasteiger partial charge in [0.05, 0.1) is 0 Å². The van der Waals surface area contributed by atoms with Gasteiger partial charge in [-0.2, -0.15) is 0 Å². The van der Waals surface area contributed by atoms with Gasteiger partial charge in [-0.3, -0.25) is 9.05 Å². The molecule has 0 radical (unpaired) electrons. The van der Waals surface area contributed by atoms with E-state index in [0.717, 1.165) is 0 Å². The summed E-state index contributed by atoms with van der Waals surface area (Å²) in [6, 6.07) is 0. The second-order valence-corrected chi connectivity index (χ2v) is 5.15. The number of rotatable bonds is 4. The Bertz CT molecular complexity index is 158. The molecule has 0 aromatic heterocycles. The predicted octanol–water partition coefficient (Wildman–Crippen LogP) is 2.56. The summed E-state index contributed by atoms with van der Waals surface area (Å²) in [7, 11) is -1.23. The van der Waals surface area contributed by atoms with Gasteiger partial charge in [0.25, 0.3) is 0 Å². The molecule has 0 N–H and O–H groups in total. The fourth-order valence-electron chi connectivity index (χ4n) is 0.345. The summed E-state index contributed by atoms with van der Waals surface area (Å²) in [4.78, 5) is 0. The van der Waals surface area contributed by atoms with Crippen LogP contribution in [0.3, 0.4) is 0 Å². The van der Waals surface area contributed by atoms with Crippen LogP contribution in [-0.4, -0.2) is 18.7 Å². The van der Waals surface area contributed by atoms with E-state index in [-0.39, 0.29) is 0 Å². The molecule has 0 unspecified atom stereocenters. The second kappa shape index (κ2) is 4.08. The van der Waals surface area contributed by atoms with E-state index in [1.165, 1.54) is 21.1 Å². The van der Waals surface area contributed by atoms with Crippen LogP contribution in [0.25, 0.3) is 0 Å². The van der Waals surface area contributed by atoms with E-state index < -0.39 is 12.3 Å². The Morgan fingerprint density at radius 2 is 1.64 bits per heavy atom. The molecule has 0 fully saturated rings. The maximum absolute atomic E-state index is 11.1. The Morgan fingerprint density at radius 1 is 1.27 bits per heavy atom. The second-order valence-electron chi connectivity index (χ2n) is 1.71. The Balaban J connectivity index is 4.21. The zero-order valence-electron chi connectivity index (χ0n) is 6.34. The van der Waals surface area contributed by atoms with Crippen LogP contribution in [0.5, 0.6) is 0 Å². The van der Waals surface area contributed by atoms with Crippen LogP contribution in [0.1, 0.15) is 6.92 Å². The number of phosphoric acid groups is 1. The molecule has 68 valence electrons. The van der Waals surface area contributed by atoms with Crippen molar-refractivity contribution < 1.29 is 18.1 Å². The molecule has 7 heteroatoms. The molecular weight excluding hydrogens is 214 g/mol. The lowest BCUT2D eigenvalue weighted by Crippen LogP contribution is -2.11. The normalized spacial score (nSPS) is 13.5. The molecule has 0 aliphatic heterocycles. The summed E-state index contributed by atoms with van der Waals surface area (Å²) in [5.41, 5.74) is 0. The molecule has 4 nitrogen and oxygen atoms in total. The maximum atomic E-state index is 11.1. The molecule has 0 atom stereocenters. The largest absolute Gasteiger partial charge is 0.476 e. The maximum Gasteiger partial charge on any atom is 0.476 e. The van der Waals surface area contributed by atoms with E-state index in [2.05, 4.69) is 13.6 Å². The molecule has 0 saturated heterocycles. The van der Waals surface area contributed by atoms with Gasteiger partial charge >= 0.3 is 7.82 Å². The van der Waals surface area contributed by atoms with E-state index in [1.54, 1.807) is 0 Å². The van der Waals surface area contributed by atoms with Gasteiger partial charge < -0.3 is 0 Å². The van der Waals surface area contributed by atoms with Crippen molar-refractivity contribution in [3.63, 3.8) is 0 Å². The molecule has 11 heavy (non-hydrogen) atoms. The lowest BCUT2D eigenvalue weighted by atomic mass is 10.9. The monoisotopic (exact) mass is 222 g/mol. The molecule has 0 bridgehead atoms. The number of phosphoric ester groups is 1. The van der Waals surface area contributed by atoms with Crippen molar-refractivity contribution in [2.24, 2.45) is 0 Å². The number of alkyl halides is 2.